The van der Waals surface area contributed by atoms with Gasteiger partial charge in [0.2, 0.25) is 0 Å². The molecule has 0 atom stereocenters. The molecule has 1 saturated heterocycles. The number of amides is 2. The molecule has 8 heteroatoms. The van der Waals surface area contributed by atoms with Gasteiger partial charge in [-0.1, -0.05) is 12.1 Å². The zero-order valence-corrected chi connectivity index (χ0v) is 16.7. The summed E-state index contributed by atoms with van der Waals surface area (Å²) in [4.78, 5) is 24.7. The van der Waals surface area contributed by atoms with Crippen LogP contribution in [0, 0.1) is 18.7 Å². The number of hydrogen-bond acceptors (Lipinski definition) is 4. The van der Waals surface area contributed by atoms with Crippen LogP contribution in [0.5, 0.6) is 0 Å². The van der Waals surface area contributed by atoms with Crippen molar-refractivity contribution >= 4 is 28.4 Å². The fraction of sp³-hybridized carbons (Fsp3) is 0.318. The third kappa shape index (κ3) is 3.91. The summed E-state index contributed by atoms with van der Waals surface area (Å²) in [5.74, 6) is -1.63. The first-order valence-corrected chi connectivity index (χ1v) is 9.88. The van der Waals surface area contributed by atoms with Crippen LogP contribution in [0.1, 0.15) is 39.3 Å². The van der Waals surface area contributed by atoms with Crippen LogP contribution in [-0.2, 0) is 11.3 Å². The maximum atomic E-state index is 13.8. The lowest BCUT2D eigenvalue weighted by atomic mass is 10.0. The van der Waals surface area contributed by atoms with E-state index in [1.807, 2.05) is 25.1 Å². The molecule has 0 spiro atoms. The van der Waals surface area contributed by atoms with Crippen molar-refractivity contribution in [1.29, 1.82) is 0 Å². The number of nitrogens with two attached hydrogens (primary N) is 1. The fourth-order valence-corrected chi connectivity index (χ4v) is 3.87. The van der Waals surface area contributed by atoms with E-state index in [0.717, 1.165) is 35.4 Å². The quantitative estimate of drug-likeness (QED) is 0.674. The number of fused-ring (bicyclic) bond motifs is 1. The van der Waals surface area contributed by atoms with E-state index >= 15 is 0 Å². The monoisotopic (exact) mass is 410 g/mol. The first kappa shape index (κ1) is 20.0. The molecule has 7 nitrogen and oxygen atoms in total. The molecule has 1 aliphatic rings. The lowest BCUT2D eigenvalue weighted by Crippen LogP contribution is -2.25. The molecule has 1 aromatic heterocycles. The van der Waals surface area contributed by atoms with Crippen molar-refractivity contribution in [2.24, 2.45) is 11.7 Å². The highest BCUT2D eigenvalue weighted by atomic mass is 19.1. The maximum Gasteiger partial charge on any atom is 0.274 e. The summed E-state index contributed by atoms with van der Waals surface area (Å²) in [6.07, 6.45) is 1.83. The normalized spacial score (nSPS) is 14.7. The number of carbonyl (C=O) groups is 2. The van der Waals surface area contributed by atoms with E-state index in [0.29, 0.717) is 31.4 Å². The van der Waals surface area contributed by atoms with E-state index in [2.05, 4.69) is 10.4 Å². The van der Waals surface area contributed by atoms with Gasteiger partial charge in [-0.25, -0.2) is 4.39 Å². The Morgan fingerprint density at radius 3 is 2.77 bits per heavy atom. The minimum Gasteiger partial charge on any atom is -0.381 e. The topological polar surface area (TPSA) is 99.2 Å². The average Bonchev–Trinajstić information content (AvgIpc) is 3.09. The number of anilines is 1. The Morgan fingerprint density at radius 1 is 1.27 bits per heavy atom. The lowest BCUT2D eigenvalue weighted by Gasteiger charge is -2.22. The van der Waals surface area contributed by atoms with Crippen LogP contribution in [-0.4, -0.2) is 34.8 Å². The zero-order chi connectivity index (χ0) is 21.3. The maximum absolute atomic E-state index is 13.8. The van der Waals surface area contributed by atoms with Gasteiger partial charge in [0.05, 0.1) is 11.1 Å². The number of aryl methyl sites for hydroxylation is 1. The van der Waals surface area contributed by atoms with E-state index < -0.39 is 11.7 Å². The SMILES string of the molecule is Cc1cccc2nn(CC3CCOCC3)c(C(=O)Nc3ccc(F)c(C(N)=O)c3)c12. The van der Waals surface area contributed by atoms with Gasteiger partial charge in [-0.05, 0) is 55.5 Å². The van der Waals surface area contributed by atoms with E-state index in [1.165, 1.54) is 12.1 Å². The second-order valence-corrected chi connectivity index (χ2v) is 7.57. The number of hydrogen-bond donors (Lipinski definition) is 2. The summed E-state index contributed by atoms with van der Waals surface area (Å²) in [5.41, 5.74) is 7.35. The van der Waals surface area contributed by atoms with Crippen LogP contribution < -0.4 is 11.1 Å². The summed E-state index contributed by atoms with van der Waals surface area (Å²) in [7, 11) is 0. The minimum absolute atomic E-state index is 0.274. The van der Waals surface area contributed by atoms with E-state index in [1.54, 1.807) is 4.68 Å². The number of ether oxygens (including phenoxy) is 1. The summed E-state index contributed by atoms with van der Waals surface area (Å²) in [6, 6.07) is 9.46. The zero-order valence-electron chi connectivity index (χ0n) is 16.7. The lowest BCUT2D eigenvalue weighted by molar-refractivity contribution is 0.0598. The van der Waals surface area contributed by atoms with E-state index in [9.17, 15) is 14.0 Å². The van der Waals surface area contributed by atoms with Gasteiger partial charge in [0.25, 0.3) is 11.8 Å². The Balaban J connectivity index is 1.71. The number of nitrogens with zero attached hydrogens (tertiary/aromatic N) is 2. The second kappa shape index (κ2) is 8.23. The molecule has 0 unspecified atom stereocenters. The molecule has 30 heavy (non-hydrogen) atoms. The first-order valence-electron chi connectivity index (χ1n) is 9.88. The summed E-state index contributed by atoms with van der Waals surface area (Å²) in [5, 5.41) is 8.21. The highest BCUT2D eigenvalue weighted by Crippen LogP contribution is 2.26. The van der Waals surface area contributed by atoms with Crippen molar-refractivity contribution in [3.63, 3.8) is 0 Å². The fourth-order valence-electron chi connectivity index (χ4n) is 3.87. The summed E-state index contributed by atoms with van der Waals surface area (Å²) in [6.45, 7) is 3.95. The van der Waals surface area contributed by atoms with Crippen LogP contribution >= 0.6 is 0 Å². The molecule has 3 N–H and O–H groups in total. The third-order valence-electron chi connectivity index (χ3n) is 5.45. The Labute approximate surface area is 173 Å². The molecule has 1 fully saturated rings. The minimum atomic E-state index is -0.894. The first-order chi connectivity index (χ1) is 14.4. The highest BCUT2D eigenvalue weighted by molar-refractivity contribution is 6.12. The van der Waals surface area contributed by atoms with E-state index in [-0.39, 0.29) is 17.2 Å². The van der Waals surface area contributed by atoms with Crippen molar-refractivity contribution in [2.75, 3.05) is 18.5 Å². The molecular weight excluding hydrogens is 387 g/mol. The highest BCUT2D eigenvalue weighted by Gasteiger charge is 2.24. The van der Waals surface area contributed by atoms with Crippen molar-refractivity contribution in [3.05, 3.63) is 59.0 Å². The summed E-state index contributed by atoms with van der Waals surface area (Å²) >= 11 is 0. The second-order valence-electron chi connectivity index (χ2n) is 7.57. The van der Waals surface area contributed by atoms with Crippen LogP contribution in [0.25, 0.3) is 10.9 Å². The van der Waals surface area contributed by atoms with Crippen molar-refractivity contribution in [2.45, 2.75) is 26.3 Å². The molecule has 1 aliphatic heterocycles. The van der Waals surface area contributed by atoms with Gasteiger partial charge in [-0.2, -0.15) is 5.10 Å². The van der Waals surface area contributed by atoms with Gasteiger partial charge in [-0.15, -0.1) is 0 Å². The Morgan fingerprint density at radius 2 is 2.03 bits per heavy atom. The number of carbonyl (C=O) groups excluding carboxylic acids is 2. The molecule has 156 valence electrons. The molecule has 0 radical (unpaired) electrons. The standard InChI is InChI=1S/C22H23FN4O3/c1-13-3-2-4-18-19(13)20(27(26-18)12-14-7-9-30-10-8-14)22(29)25-15-5-6-17(23)16(11-15)21(24)28/h2-6,11,14H,7-10,12H2,1H3,(H2,24,28)(H,25,29). The van der Waals surface area contributed by atoms with E-state index in [4.69, 9.17) is 10.5 Å². The van der Waals surface area contributed by atoms with Crippen LogP contribution in [0.3, 0.4) is 0 Å². The molecule has 3 aromatic rings. The molecule has 0 aliphatic carbocycles. The molecule has 2 heterocycles. The van der Waals surface area contributed by atoms with Crippen LogP contribution in [0.4, 0.5) is 10.1 Å². The average molecular weight is 410 g/mol. The number of nitrogens with one attached hydrogen (secondary N) is 1. The third-order valence-corrected chi connectivity index (χ3v) is 5.45. The molecule has 0 bridgehead atoms. The van der Waals surface area contributed by atoms with Crippen molar-refractivity contribution in [1.82, 2.24) is 9.78 Å². The van der Waals surface area contributed by atoms with Gasteiger partial charge in [0.1, 0.15) is 11.5 Å². The number of halogens is 1. The molecule has 0 saturated carbocycles. The number of primary amides is 1. The Hall–Kier alpha value is -3.26. The number of benzene rings is 2. The summed E-state index contributed by atoms with van der Waals surface area (Å²) < 4.78 is 21.0. The van der Waals surface area contributed by atoms with Gasteiger partial charge >= 0.3 is 0 Å². The predicted molar refractivity (Wildman–Crippen MR) is 111 cm³/mol. The molecule has 2 amide bonds. The smallest absolute Gasteiger partial charge is 0.274 e. The largest absolute Gasteiger partial charge is 0.381 e. The Bertz CT molecular complexity index is 1120. The van der Waals surface area contributed by atoms with Crippen LogP contribution in [0.15, 0.2) is 36.4 Å². The molecular formula is C22H23FN4O3. The van der Waals surface area contributed by atoms with Crippen molar-refractivity contribution in [3.8, 4) is 0 Å². The van der Waals surface area contributed by atoms with Gasteiger partial charge in [0.15, 0.2) is 0 Å². The van der Waals surface area contributed by atoms with Crippen molar-refractivity contribution < 1.29 is 18.7 Å². The molecule has 2 aromatic carbocycles. The van der Waals surface area contributed by atoms with Crippen LogP contribution in [0.2, 0.25) is 0 Å². The molecule has 4 rings (SSSR count). The predicted octanol–water partition coefficient (Wildman–Crippen LogP) is 3.26. The van der Waals surface area contributed by atoms with Gasteiger partial charge < -0.3 is 15.8 Å². The Kier molecular flexibility index (Phi) is 5.50. The van der Waals surface area contributed by atoms with Gasteiger partial charge in [-0.3, -0.25) is 14.3 Å². The van der Waals surface area contributed by atoms with Gasteiger partial charge in [0, 0.05) is 30.8 Å². The number of aromatic nitrogens is 2. The number of rotatable bonds is 5.